The Labute approximate surface area is 131 Å². The fourth-order valence-electron chi connectivity index (χ4n) is 2.24. The van der Waals surface area contributed by atoms with E-state index in [0.29, 0.717) is 5.69 Å². The quantitative estimate of drug-likeness (QED) is 0.859. The van der Waals surface area contributed by atoms with Crippen LogP contribution in [-0.2, 0) is 9.84 Å². The molecule has 2 rings (SSSR count). The molecule has 0 spiro atoms. The molecule has 0 bridgehead atoms. The number of benzene rings is 2. The van der Waals surface area contributed by atoms with Gasteiger partial charge >= 0.3 is 0 Å². The zero-order valence-electron chi connectivity index (χ0n) is 12.8. The lowest BCUT2D eigenvalue weighted by molar-refractivity contribution is 0.191. The normalized spacial score (nSPS) is 12.9. The second-order valence-electron chi connectivity index (χ2n) is 5.21. The first-order valence-corrected chi connectivity index (χ1v) is 8.89. The van der Waals surface area contributed by atoms with E-state index in [9.17, 15) is 13.5 Å². The smallest absolute Gasteiger partial charge is 0.180 e. The Morgan fingerprint density at radius 1 is 1.14 bits per heavy atom. The molecule has 4 nitrogen and oxygen atoms in total. The van der Waals surface area contributed by atoms with Crippen LogP contribution < -0.4 is 5.32 Å². The van der Waals surface area contributed by atoms with Crippen LogP contribution in [0.3, 0.4) is 0 Å². The van der Waals surface area contributed by atoms with Crippen molar-refractivity contribution in [1.29, 1.82) is 0 Å². The Bertz CT molecular complexity index is 741. The fraction of sp³-hybridized carbons (Fsp3) is 0.294. The predicted molar refractivity (Wildman–Crippen MR) is 88.8 cm³/mol. The van der Waals surface area contributed by atoms with Gasteiger partial charge in [0.1, 0.15) is 0 Å². The van der Waals surface area contributed by atoms with Crippen molar-refractivity contribution >= 4 is 15.5 Å². The predicted octanol–water partition coefficient (Wildman–Crippen LogP) is 2.93. The van der Waals surface area contributed by atoms with Crippen LogP contribution in [0.5, 0.6) is 0 Å². The van der Waals surface area contributed by atoms with Crippen molar-refractivity contribution in [2.24, 2.45) is 0 Å². The minimum absolute atomic E-state index is 0.0477. The zero-order valence-corrected chi connectivity index (χ0v) is 13.6. The number of nitrogens with one attached hydrogen (secondary N) is 1. The van der Waals surface area contributed by atoms with Gasteiger partial charge in [0, 0.05) is 6.54 Å². The summed E-state index contributed by atoms with van der Waals surface area (Å²) in [7, 11) is -3.29. The molecule has 2 aromatic carbocycles. The maximum absolute atomic E-state index is 12.1. The van der Waals surface area contributed by atoms with E-state index < -0.39 is 15.9 Å². The Balaban J connectivity index is 2.16. The first-order valence-electron chi connectivity index (χ1n) is 7.24. The minimum atomic E-state index is -3.29. The summed E-state index contributed by atoms with van der Waals surface area (Å²) in [6.07, 6.45) is -0.697. The number of sulfone groups is 1. The highest BCUT2D eigenvalue weighted by Gasteiger charge is 2.16. The summed E-state index contributed by atoms with van der Waals surface area (Å²) >= 11 is 0. The standard InChI is InChI=1S/C17H21NO3S/c1-3-22(20,21)17-10-5-4-9-15(17)18-12-16(19)14-8-6-7-13(2)11-14/h4-11,16,18-19H,3,12H2,1-2H3/t16-/m0/s1. The molecule has 0 radical (unpaired) electrons. The highest BCUT2D eigenvalue weighted by Crippen LogP contribution is 2.23. The van der Waals surface area contributed by atoms with Gasteiger partial charge in [0.25, 0.3) is 0 Å². The maximum Gasteiger partial charge on any atom is 0.180 e. The molecule has 0 unspecified atom stereocenters. The van der Waals surface area contributed by atoms with E-state index in [1.807, 2.05) is 31.2 Å². The van der Waals surface area contributed by atoms with Crippen molar-refractivity contribution in [3.63, 3.8) is 0 Å². The molecule has 0 heterocycles. The van der Waals surface area contributed by atoms with Gasteiger partial charge in [-0.2, -0.15) is 0 Å². The van der Waals surface area contributed by atoms with Crippen molar-refractivity contribution in [2.45, 2.75) is 24.8 Å². The van der Waals surface area contributed by atoms with Gasteiger partial charge < -0.3 is 10.4 Å². The summed E-state index contributed by atoms with van der Waals surface area (Å²) in [6.45, 7) is 3.83. The lowest BCUT2D eigenvalue weighted by Crippen LogP contribution is -2.15. The van der Waals surface area contributed by atoms with Gasteiger partial charge in [-0.3, -0.25) is 0 Å². The van der Waals surface area contributed by atoms with Crippen LogP contribution in [0, 0.1) is 6.92 Å². The monoisotopic (exact) mass is 319 g/mol. The summed E-state index contributed by atoms with van der Waals surface area (Å²) in [6, 6.07) is 14.4. The van der Waals surface area contributed by atoms with Crippen LogP contribution in [0.2, 0.25) is 0 Å². The number of aliphatic hydroxyl groups is 1. The van der Waals surface area contributed by atoms with Crippen molar-refractivity contribution in [2.75, 3.05) is 17.6 Å². The van der Waals surface area contributed by atoms with E-state index in [4.69, 9.17) is 0 Å². The zero-order chi connectivity index (χ0) is 16.2. The molecule has 0 amide bonds. The van der Waals surface area contributed by atoms with Gasteiger partial charge in [-0.1, -0.05) is 48.9 Å². The second-order valence-corrected chi connectivity index (χ2v) is 7.46. The number of hydrogen-bond donors (Lipinski definition) is 2. The van der Waals surface area contributed by atoms with Crippen LogP contribution in [0.4, 0.5) is 5.69 Å². The van der Waals surface area contributed by atoms with Crippen LogP contribution >= 0.6 is 0 Å². The van der Waals surface area contributed by atoms with Gasteiger partial charge in [-0.25, -0.2) is 8.42 Å². The first-order chi connectivity index (χ1) is 10.4. The van der Waals surface area contributed by atoms with Crippen LogP contribution in [0.1, 0.15) is 24.2 Å². The fourth-order valence-corrected chi connectivity index (χ4v) is 3.31. The second kappa shape index (κ2) is 6.94. The molecule has 0 aromatic heterocycles. The highest BCUT2D eigenvalue weighted by atomic mass is 32.2. The first kappa shape index (κ1) is 16.5. The van der Waals surface area contributed by atoms with Crippen LogP contribution in [-0.4, -0.2) is 25.8 Å². The van der Waals surface area contributed by atoms with E-state index in [0.717, 1.165) is 11.1 Å². The summed E-state index contributed by atoms with van der Waals surface area (Å²) < 4.78 is 24.2. The van der Waals surface area contributed by atoms with E-state index in [-0.39, 0.29) is 17.2 Å². The van der Waals surface area contributed by atoms with E-state index in [1.54, 1.807) is 31.2 Å². The molecule has 0 saturated heterocycles. The molecule has 1 atom stereocenters. The molecule has 0 aliphatic rings. The molecule has 0 saturated carbocycles. The van der Waals surface area contributed by atoms with Crippen LogP contribution in [0.15, 0.2) is 53.4 Å². The molecule has 2 aromatic rings. The lowest BCUT2D eigenvalue weighted by Gasteiger charge is -2.16. The van der Waals surface area contributed by atoms with E-state index in [1.165, 1.54) is 0 Å². The molecule has 5 heteroatoms. The topological polar surface area (TPSA) is 66.4 Å². The molecular formula is C17H21NO3S. The van der Waals surface area contributed by atoms with Crippen molar-refractivity contribution in [3.05, 3.63) is 59.7 Å². The Morgan fingerprint density at radius 2 is 1.86 bits per heavy atom. The molecular weight excluding hydrogens is 298 g/mol. The summed E-state index contributed by atoms with van der Waals surface area (Å²) in [5.41, 5.74) is 2.41. The van der Waals surface area contributed by atoms with Crippen molar-refractivity contribution < 1.29 is 13.5 Å². The van der Waals surface area contributed by atoms with Gasteiger partial charge in [0.05, 0.1) is 22.4 Å². The van der Waals surface area contributed by atoms with E-state index in [2.05, 4.69) is 5.32 Å². The summed E-state index contributed by atoms with van der Waals surface area (Å²) in [4.78, 5) is 0.272. The Kier molecular flexibility index (Phi) is 5.21. The number of aliphatic hydroxyl groups excluding tert-OH is 1. The van der Waals surface area contributed by atoms with Gasteiger partial charge in [-0.15, -0.1) is 0 Å². The minimum Gasteiger partial charge on any atom is -0.387 e. The SMILES string of the molecule is CCS(=O)(=O)c1ccccc1NC[C@H](O)c1cccc(C)c1. The Morgan fingerprint density at radius 3 is 2.55 bits per heavy atom. The molecule has 2 N–H and O–H groups in total. The average Bonchev–Trinajstić information content (AvgIpc) is 2.52. The molecule has 0 aliphatic heterocycles. The highest BCUT2D eigenvalue weighted by molar-refractivity contribution is 7.91. The number of aryl methyl sites for hydroxylation is 1. The number of hydrogen-bond acceptors (Lipinski definition) is 4. The maximum atomic E-state index is 12.1. The molecule has 118 valence electrons. The van der Waals surface area contributed by atoms with E-state index >= 15 is 0 Å². The number of anilines is 1. The lowest BCUT2D eigenvalue weighted by atomic mass is 10.1. The van der Waals surface area contributed by atoms with Gasteiger partial charge in [-0.05, 0) is 24.6 Å². The van der Waals surface area contributed by atoms with Crippen LogP contribution in [0.25, 0.3) is 0 Å². The van der Waals surface area contributed by atoms with Gasteiger partial charge in [0.2, 0.25) is 0 Å². The van der Waals surface area contributed by atoms with Crippen molar-refractivity contribution in [3.8, 4) is 0 Å². The molecule has 0 aliphatic carbocycles. The third-order valence-corrected chi connectivity index (χ3v) is 5.30. The Hall–Kier alpha value is -1.85. The average molecular weight is 319 g/mol. The molecule has 22 heavy (non-hydrogen) atoms. The summed E-state index contributed by atoms with van der Waals surface area (Å²) in [5.74, 6) is 0.0477. The summed E-state index contributed by atoms with van der Waals surface area (Å²) in [5, 5.41) is 13.3. The van der Waals surface area contributed by atoms with Gasteiger partial charge in [0.15, 0.2) is 9.84 Å². The third kappa shape index (κ3) is 3.87. The number of para-hydroxylation sites is 1. The molecule has 0 fully saturated rings. The third-order valence-electron chi connectivity index (χ3n) is 3.51. The number of rotatable bonds is 6. The van der Waals surface area contributed by atoms with Crippen molar-refractivity contribution in [1.82, 2.24) is 0 Å². The largest absolute Gasteiger partial charge is 0.387 e.